The van der Waals surface area contributed by atoms with Crippen LogP contribution in [0.2, 0.25) is 0 Å². The minimum atomic E-state index is -0.654. The van der Waals surface area contributed by atoms with E-state index in [1.54, 1.807) is 36.8 Å². The van der Waals surface area contributed by atoms with E-state index in [0.29, 0.717) is 46.0 Å². The SMILES string of the molecule is COc1ccc2c(c1OC)c(=O)n1c3ccc(OC(C)C(=O)NCCC(C)C)cc3c3ccnc2c31. The van der Waals surface area contributed by atoms with Crippen molar-refractivity contribution in [3.63, 3.8) is 0 Å². The van der Waals surface area contributed by atoms with E-state index < -0.39 is 6.10 Å². The fourth-order valence-electron chi connectivity index (χ4n) is 4.76. The summed E-state index contributed by atoms with van der Waals surface area (Å²) in [6, 6.07) is 11.0. The van der Waals surface area contributed by atoms with Crippen LogP contribution in [0.25, 0.3) is 38.1 Å². The number of hydrogen-bond acceptors (Lipinski definition) is 6. The highest BCUT2D eigenvalue weighted by atomic mass is 16.5. The van der Waals surface area contributed by atoms with Gasteiger partial charge < -0.3 is 19.5 Å². The molecular weight excluding hydrogens is 458 g/mol. The zero-order valence-corrected chi connectivity index (χ0v) is 21.0. The summed E-state index contributed by atoms with van der Waals surface area (Å²) >= 11 is 0. The lowest BCUT2D eigenvalue weighted by atomic mass is 10.1. The monoisotopic (exact) mass is 487 g/mol. The summed E-state index contributed by atoms with van der Waals surface area (Å²) in [5, 5.41) is 5.75. The number of methoxy groups -OCH3 is 2. The second-order valence-corrected chi connectivity index (χ2v) is 9.33. The molecule has 186 valence electrons. The van der Waals surface area contributed by atoms with Crippen LogP contribution < -0.4 is 25.1 Å². The van der Waals surface area contributed by atoms with E-state index in [2.05, 4.69) is 24.1 Å². The Kier molecular flexibility index (Phi) is 6.04. The molecule has 8 nitrogen and oxygen atoms in total. The molecule has 0 saturated carbocycles. The molecular formula is C28H29N3O5. The van der Waals surface area contributed by atoms with Crippen LogP contribution in [0, 0.1) is 5.92 Å². The molecule has 0 aliphatic carbocycles. The van der Waals surface area contributed by atoms with Gasteiger partial charge in [-0.1, -0.05) is 13.8 Å². The molecule has 5 rings (SSSR count). The van der Waals surface area contributed by atoms with Gasteiger partial charge in [-0.3, -0.25) is 19.0 Å². The summed E-state index contributed by atoms with van der Waals surface area (Å²) < 4.78 is 18.7. The summed E-state index contributed by atoms with van der Waals surface area (Å²) in [5.74, 6) is 1.76. The minimum absolute atomic E-state index is 0.158. The standard InChI is InChI=1S/C28H29N3O5/c1-15(2)10-12-30-27(32)16(3)36-17-6-8-21-20(14-17)18-11-13-29-24-19-7-9-22(34-4)26(35-5)23(19)28(33)31(21)25(18)24/h6-9,11,13-16H,10,12H2,1-5H3,(H,30,32). The molecule has 1 unspecified atom stereocenters. The van der Waals surface area contributed by atoms with Crippen LogP contribution in [0.5, 0.6) is 17.2 Å². The molecule has 36 heavy (non-hydrogen) atoms. The second-order valence-electron chi connectivity index (χ2n) is 9.33. The van der Waals surface area contributed by atoms with Crippen LogP contribution in [0.15, 0.2) is 47.4 Å². The molecule has 0 fully saturated rings. The van der Waals surface area contributed by atoms with Gasteiger partial charge in [-0.2, -0.15) is 0 Å². The third-order valence-electron chi connectivity index (χ3n) is 6.57. The lowest BCUT2D eigenvalue weighted by Crippen LogP contribution is -2.37. The summed E-state index contributed by atoms with van der Waals surface area (Å²) in [4.78, 5) is 30.9. The highest BCUT2D eigenvalue weighted by Gasteiger charge is 2.23. The van der Waals surface area contributed by atoms with Crippen LogP contribution in [0.4, 0.5) is 0 Å². The molecule has 0 radical (unpaired) electrons. The first-order chi connectivity index (χ1) is 17.3. The number of benzene rings is 2. The highest BCUT2D eigenvalue weighted by Crippen LogP contribution is 2.39. The van der Waals surface area contributed by atoms with Crippen molar-refractivity contribution in [1.82, 2.24) is 14.7 Å². The zero-order valence-electron chi connectivity index (χ0n) is 21.0. The number of pyridine rings is 2. The van der Waals surface area contributed by atoms with Crippen LogP contribution in [0.3, 0.4) is 0 Å². The van der Waals surface area contributed by atoms with Gasteiger partial charge in [0, 0.05) is 28.9 Å². The molecule has 1 N–H and O–H groups in total. The number of fused-ring (bicyclic) bond motifs is 5. The van der Waals surface area contributed by atoms with Crippen molar-refractivity contribution in [1.29, 1.82) is 0 Å². The average Bonchev–Trinajstić information content (AvgIpc) is 3.20. The van der Waals surface area contributed by atoms with Gasteiger partial charge in [0.15, 0.2) is 17.6 Å². The predicted molar refractivity (Wildman–Crippen MR) is 141 cm³/mol. The number of rotatable bonds is 8. The van der Waals surface area contributed by atoms with Gasteiger partial charge in [-0.25, -0.2) is 0 Å². The van der Waals surface area contributed by atoms with E-state index in [-0.39, 0.29) is 11.5 Å². The normalized spacial score (nSPS) is 12.6. The van der Waals surface area contributed by atoms with Gasteiger partial charge in [-0.15, -0.1) is 0 Å². The van der Waals surface area contributed by atoms with Gasteiger partial charge in [0.25, 0.3) is 11.5 Å². The molecule has 8 heteroatoms. The molecule has 0 spiro atoms. The maximum atomic E-state index is 13.8. The molecule has 1 atom stereocenters. The maximum Gasteiger partial charge on any atom is 0.267 e. The Morgan fingerprint density at radius 3 is 2.56 bits per heavy atom. The van der Waals surface area contributed by atoms with Gasteiger partial charge in [0.05, 0.1) is 36.2 Å². The van der Waals surface area contributed by atoms with Gasteiger partial charge in [0.2, 0.25) is 0 Å². The molecule has 3 heterocycles. The molecule has 1 amide bonds. The van der Waals surface area contributed by atoms with E-state index in [0.717, 1.165) is 28.2 Å². The van der Waals surface area contributed by atoms with E-state index in [1.807, 2.05) is 24.3 Å². The number of hydrogen-bond donors (Lipinski definition) is 1. The Hall–Kier alpha value is -4.07. The third-order valence-corrected chi connectivity index (χ3v) is 6.57. The van der Waals surface area contributed by atoms with Crippen LogP contribution in [-0.2, 0) is 4.79 Å². The van der Waals surface area contributed by atoms with E-state index in [9.17, 15) is 9.59 Å². The second kappa shape index (κ2) is 9.18. The van der Waals surface area contributed by atoms with Crippen molar-refractivity contribution in [2.24, 2.45) is 5.92 Å². The first-order valence-electron chi connectivity index (χ1n) is 12.0. The number of carbonyl (C=O) groups excluding carboxylic acids is 1. The number of nitrogens with zero attached hydrogens (tertiary/aromatic N) is 2. The Balaban J connectivity index is 1.64. The summed E-state index contributed by atoms with van der Waals surface area (Å²) in [6.45, 7) is 6.58. The quantitative estimate of drug-likeness (QED) is 0.323. The maximum absolute atomic E-state index is 13.8. The van der Waals surface area contributed by atoms with Crippen LogP contribution in [-0.4, -0.2) is 42.2 Å². The van der Waals surface area contributed by atoms with Crippen molar-refractivity contribution >= 4 is 44.0 Å². The van der Waals surface area contributed by atoms with E-state index in [4.69, 9.17) is 14.2 Å². The third kappa shape index (κ3) is 3.73. The number of carbonyl (C=O) groups is 1. The average molecular weight is 488 g/mol. The number of amides is 1. The summed E-state index contributed by atoms with van der Waals surface area (Å²) in [7, 11) is 3.06. The van der Waals surface area contributed by atoms with Gasteiger partial charge >= 0.3 is 0 Å². The Morgan fingerprint density at radius 2 is 1.83 bits per heavy atom. The molecule has 5 aromatic rings. The molecule has 0 bridgehead atoms. The first kappa shape index (κ1) is 23.7. The van der Waals surface area contributed by atoms with Crippen molar-refractivity contribution in [3.8, 4) is 17.2 Å². The lowest BCUT2D eigenvalue weighted by Gasteiger charge is -2.15. The summed E-state index contributed by atoms with van der Waals surface area (Å²) in [5.41, 5.74) is 1.93. The summed E-state index contributed by atoms with van der Waals surface area (Å²) in [6.07, 6.45) is 1.99. The Morgan fingerprint density at radius 1 is 1.03 bits per heavy atom. The topological polar surface area (TPSA) is 91.2 Å². The minimum Gasteiger partial charge on any atom is -0.493 e. The molecule has 2 aromatic carbocycles. The Labute approximate surface area is 208 Å². The van der Waals surface area contributed by atoms with Crippen molar-refractivity contribution in [3.05, 3.63) is 52.9 Å². The van der Waals surface area contributed by atoms with Gasteiger partial charge in [-0.05, 0) is 55.7 Å². The fourth-order valence-corrected chi connectivity index (χ4v) is 4.76. The van der Waals surface area contributed by atoms with Crippen LogP contribution in [0.1, 0.15) is 27.2 Å². The molecule has 0 aliphatic heterocycles. The van der Waals surface area contributed by atoms with Crippen LogP contribution >= 0.6 is 0 Å². The molecule has 0 saturated heterocycles. The number of nitrogens with one attached hydrogen (secondary N) is 1. The van der Waals surface area contributed by atoms with Gasteiger partial charge in [0.1, 0.15) is 5.75 Å². The van der Waals surface area contributed by atoms with E-state index >= 15 is 0 Å². The number of ether oxygens (including phenoxy) is 3. The predicted octanol–water partition coefficient (Wildman–Crippen LogP) is 4.54. The van der Waals surface area contributed by atoms with Crippen molar-refractivity contribution < 1.29 is 19.0 Å². The highest BCUT2D eigenvalue weighted by molar-refractivity contribution is 6.19. The smallest absolute Gasteiger partial charge is 0.267 e. The fraction of sp³-hybridized carbons (Fsp3) is 0.321. The first-order valence-corrected chi connectivity index (χ1v) is 12.0. The molecule has 0 aliphatic rings. The number of aromatic nitrogens is 2. The molecule has 3 aromatic heterocycles. The zero-order chi connectivity index (χ0) is 25.6. The largest absolute Gasteiger partial charge is 0.493 e. The van der Waals surface area contributed by atoms with Crippen molar-refractivity contribution in [2.75, 3.05) is 20.8 Å². The van der Waals surface area contributed by atoms with Crippen molar-refractivity contribution in [2.45, 2.75) is 33.3 Å². The van der Waals surface area contributed by atoms with E-state index in [1.165, 1.54) is 7.11 Å². The Bertz CT molecular complexity index is 1660. The lowest BCUT2D eigenvalue weighted by molar-refractivity contribution is -0.127.